The summed E-state index contributed by atoms with van der Waals surface area (Å²) in [5, 5.41) is 7.68. The van der Waals surface area contributed by atoms with Gasteiger partial charge in [-0.15, -0.1) is 0 Å². The minimum absolute atomic E-state index is 0.0469. The van der Waals surface area contributed by atoms with E-state index in [0.717, 1.165) is 70.0 Å². The maximum atomic E-state index is 12.5. The van der Waals surface area contributed by atoms with Gasteiger partial charge >= 0.3 is 0 Å². The number of pyridine rings is 2. The van der Waals surface area contributed by atoms with E-state index in [4.69, 9.17) is 4.98 Å². The highest BCUT2D eigenvalue weighted by atomic mass is 16.1. The SMILES string of the molecule is C=Nc1ccc(-c2ccc3ncc(C(C)=O)c(Nc4ccc(N5CCC(NC)C5)nc4)c3c2)cc1C. The van der Waals surface area contributed by atoms with Crippen LogP contribution in [0, 0.1) is 6.92 Å². The van der Waals surface area contributed by atoms with Crippen molar-refractivity contribution in [2.24, 2.45) is 4.99 Å². The largest absolute Gasteiger partial charge is 0.355 e. The van der Waals surface area contributed by atoms with E-state index in [0.29, 0.717) is 11.6 Å². The second-order valence-electron chi connectivity index (χ2n) is 9.24. The molecule has 7 heteroatoms. The average molecular weight is 479 g/mol. The quantitative estimate of drug-likeness (QED) is 0.263. The molecule has 0 saturated carbocycles. The number of hydrogen-bond acceptors (Lipinski definition) is 7. The zero-order chi connectivity index (χ0) is 25.2. The second-order valence-corrected chi connectivity index (χ2v) is 9.24. The zero-order valence-corrected chi connectivity index (χ0v) is 20.9. The average Bonchev–Trinajstić information content (AvgIpc) is 3.38. The topological polar surface area (TPSA) is 82.5 Å². The Bertz CT molecular complexity index is 1450. The van der Waals surface area contributed by atoms with Crippen LogP contribution >= 0.6 is 0 Å². The summed E-state index contributed by atoms with van der Waals surface area (Å²) in [5.74, 6) is 0.911. The van der Waals surface area contributed by atoms with Crippen LogP contribution in [-0.4, -0.2) is 48.6 Å². The molecular formula is C29H30N6O. The maximum absolute atomic E-state index is 12.5. The van der Waals surface area contributed by atoms with Crippen molar-refractivity contribution in [3.63, 3.8) is 0 Å². The van der Waals surface area contributed by atoms with E-state index in [1.165, 1.54) is 0 Å². The molecule has 2 N–H and O–H groups in total. The van der Waals surface area contributed by atoms with Crippen molar-refractivity contribution in [3.8, 4) is 11.1 Å². The molecule has 1 aliphatic heterocycles. The van der Waals surface area contributed by atoms with E-state index in [1.807, 2.05) is 56.6 Å². The molecule has 36 heavy (non-hydrogen) atoms. The Labute approximate surface area is 211 Å². The zero-order valence-electron chi connectivity index (χ0n) is 20.9. The van der Waals surface area contributed by atoms with Gasteiger partial charge in [0.2, 0.25) is 0 Å². The van der Waals surface area contributed by atoms with E-state index in [2.05, 4.69) is 44.4 Å². The van der Waals surface area contributed by atoms with Gasteiger partial charge in [-0.1, -0.05) is 12.1 Å². The van der Waals surface area contributed by atoms with E-state index in [9.17, 15) is 4.79 Å². The third kappa shape index (κ3) is 4.57. The number of aliphatic imine (C=N–C) groups is 1. The first-order valence-corrected chi connectivity index (χ1v) is 12.1. The molecule has 0 aliphatic carbocycles. The molecule has 2 aromatic carbocycles. The van der Waals surface area contributed by atoms with Gasteiger partial charge in [0, 0.05) is 30.7 Å². The molecule has 5 rings (SSSR count). The lowest BCUT2D eigenvalue weighted by atomic mass is 9.98. The Morgan fingerprint density at radius 1 is 1.08 bits per heavy atom. The molecule has 1 fully saturated rings. The Morgan fingerprint density at radius 2 is 1.89 bits per heavy atom. The number of likely N-dealkylation sites (N-methyl/N-ethyl adjacent to an activating group) is 1. The lowest BCUT2D eigenvalue weighted by molar-refractivity contribution is 0.101. The number of aryl methyl sites for hydroxylation is 1. The molecule has 0 amide bonds. The molecule has 4 aromatic rings. The predicted octanol–water partition coefficient (Wildman–Crippen LogP) is 5.68. The number of carbonyl (C=O) groups is 1. The van der Waals surface area contributed by atoms with E-state index >= 15 is 0 Å². The summed E-state index contributed by atoms with van der Waals surface area (Å²) in [7, 11) is 2.00. The van der Waals surface area contributed by atoms with Crippen LogP contribution in [-0.2, 0) is 0 Å². The highest BCUT2D eigenvalue weighted by Crippen LogP contribution is 2.34. The number of fused-ring (bicyclic) bond motifs is 1. The van der Waals surface area contributed by atoms with Crippen molar-refractivity contribution in [2.75, 3.05) is 30.4 Å². The Hall–Kier alpha value is -4.10. The molecular weight excluding hydrogens is 448 g/mol. The lowest BCUT2D eigenvalue weighted by Crippen LogP contribution is -2.29. The molecule has 3 heterocycles. The highest BCUT2D eigenvalue weighted by molar-refractivity contribution is 6.08. The molecule has 7 nitrogen and oxygen atoms in total. The number of aromatic nitrogens is 2. The number of nitrogens with one attached hydrogen (secondary N) is 2. The summed E-state index contributed by atoms with van der Waals surface area (Å²) in [6.07, 6.45) is 4.58. The van der Waals surface area contributed by atoms with Crippen molar-refractivity contribution in [1.29, 1.82) is 0 Å². The summed E-state index contributed by atoms with van der Waals surface area (Å²) < 4.78 is 0. The van der Waals surface area contributed by atoms with Crippen LogP contribution in [0.15, 0.2) is 65.9 Å². The van der Waals surface area contributed by atoms with Crippen molar-refractivity contribution in [1.82, 2.24) is 15.3 Å². The second kappa shape index (κ2) is 9.87. The van der Waals surface area contributed by atoms with Gasteiger partial charge in [0.1, 0.15) is 5.82 Å². The summed E-state index contributed by atoms with van der Waals surface area (Å²) >= 11 is 0. The van der Waals surface area contributed by atoms with Gasteiger partial charge in [-0.3, -0.25) is 14.8 Å². The summed E-state index contributed by atoms with van der Waals surface area (Å²) in [5.41, 5.74) is 6.94. The normalized spacial score (nSPS) is 15.3. The van der Waals surface area contributed by atoms with Gasteiger partial charge in [0.25, 0.3) is 0 Å². The van der Waals surface area contributed by atoms with Gasteiger partial charge in [-0.25, -0.2) is 4.98 Å². The van der Waals surface area contributed by atoms with Crippen molar-refractivity contribution < 1.29 is 4.79 Å². The Morgan fingerprint density at radius 3 is 2.56 bits per heavy atom. The monoisotopic (exact) mass is 478 g/mol. The van der Waals surface area contributed by atoms with Crippen LogP contribution in [0.1, 0.15) is 29.3 Å². The molecule has 0 radical (unpaired) electrons. The van der Waals surface area contributed by atoms with Gasteiger partial charge in [-0.2, -0.15) is 0 Å². The van der Waals surface area contributed by atoms with Gasteiger partial charge < -0.3 is 15.5 Å². The molecule has 0 bridgehead atoms. The van der Waals surface area contributed by atoms with Crippen molar-refractivity contribution in [3.05, 3.63) is 72.1 Å². The van der Waals surface area contributed by atoms with Gasteiger partial charge in [0.05, 0.1) is 34.3 Å². The molecule has 1 unspecified atom stereocenters. The molecule has 2 aromatic heterocycles. The van der Waals surface area contributed by atoms with Crippen LogP contribution in [0.5, 0.6) is 0 Å². The fourth-order valence-electron chi connectivity index (χ4n) is 4.78. The molecule has 0 spiro atoms. The van der Waals surface area contributed by atoms with Crippen molar-refractivity contribution in [2.45, 2.75) is 26.3 Å². The first kappa shape index (κ1) is 23.6. The maximum Gasteiger partial charge on any atom is 0.163 e. The molecule has 182 valence electrons. The fraction of sp³-hybridized carbons (Fsp3) is 0.241. The Kier molecular flexibility index (Phi) is 6.48. The lowest BCUT2D eigenvalue weighted by Gasteiger charge is -2.18. The smallest absolute Gasteiger partial charge is 0.163 e. The third-order valence-electron chi connectivity index (χ3n) is 6.89. The predicted molar refractivity (Wildman–Crippen MR) is 148 cm³/mol. The molecule has 1 saturated heterocycles. The number of hydrogen-bond donors (Lipinski definition) is 2. The van der Waals surface area contributed by atoms with Crippen LogP contribution in [0.4, 0.5) is 22.9 Å². The van der Waals surface area contributed by atoms with Crippen LogP contribution in [0.2, 0.25) is 0 Å². The Balaban J connectivity index is 1.52. The number of ketones is 1. The third-order valence-corrected chi connectivity index (χ3v) is 6.89. The summed E-state index contributed by atoms with van der Waals surface area (Å²) in [6, 6.07) is 16.8. The summed E-state index contributed by atoms with van der Waals surface area (Å²) in [6.45, 7) is 9.16. The number of carbonyl (C=O) groups excluding carboxylic acids is 1. The van der Waals surface area contributed by atoms with Gasteiger partial charge in [0.15, 0.2) is 5.78 Å². The highest BCUT2D eigenvalue weighted by Gasteiger charge is 2.22. The van der Waals surface area contributed by atoms with Crippen LogP contribution in [0.25, 0.3) is 22.0 Å². The number of rotatable bonds is 7. The first-order valence-electron chi connectivity index (χ1n) is 12.1. The first-order chi connectivity index (χ1) is 17.5. The fourth-order valence-corrected chi connectivity index (χ4v) is 4.78. The number of anilines is 3. The van der Waals surface area contributed by atoms with E-state index in [-0.39, 0.29) is 5.78 Å². The van der Waals surface area contributed by atoms with E-state index < -0.39 is 0 Å². The van der Waals surface area contributed by atoms with Crippen LogP contribution < -0.4 is 15.5 Å². The molecule has 1 aliphatic rings. The summed E-state index contributed by atoms with van der Waals surface area (Å²) in [4.78, 5) is 28.1. The van der Waals surface area contributed by atoms with Crippen molar-refractivity contribution >= 4 is 46.3 Å². The van der Waals surface area contributed by atoms with E-state index in [1.54, 1.807) is 13.1 Å². The number of benzene rings is 2. The molecule has 1 atom stereocenters. The van der Waals surface area contributed by atoms with Crippen LogP contribution in [0.3, 0.4) is 0 Å². The van der Waals surface area contributed by atoms with Gasteiger partial charge in [-0.05, 0) is 87.1 Å². The number of Topliss-reactive ketones (excluding diaryl/α,β-unsaturated/α-hetero) is 1. The minimum Gasteiger partial charge on any atom is -0.355 e. The number of nitrogens with zero attached hydrogens (tertiary/aromatic N) is 4. The minimum atomic E-state index is -0.0469. The standard InChI is InChI=1S/C29H30N6O/c1-18-13-20(5-8-26(18)31-4)21-6-9-27-24(14-21)29(25(16-32-27)19(2)36)34-22-7-10-28(33-15-22)35-12-11-23(17-35)30-3/h5-10,13-16,23,30H,4,11-12,17H2,1-3H3,(H,32,34).